The predicted molar refractivity (Wildman–Crippen MR) is 154 cm³/mol. The summed E-state index contributed by atoms with van der Waals surface area (Å²) in [7, 11) is 6.63. The van der Waals surface area contributed by atoms with Crippen LogP contribution in [0.2, 0.25) is 5.82 Å². The molecular weight excluding hydrogens is 557 g/mol. The SMILES string of the molecule is [B]C1/C(=N\OC2CCC2)C2(NC(=O)c3c(C)c(-c4ccccc4)nc4ccc(Br)cc34)CCC1(C(=O)O)CC2. The standard InChI is InChI=1S/C30H29BBrN3O4/c1-17-23(21-16-19(32)10-11-22(21)33-24(17)18-6-3-2-4-7-18)27(36)34-30-14-12-29(13-15-30,28(37)38)25(31)26(30)35-39-20-8-5-9-20/h2-4,6-7,10-11,16,20,25H,5,8-9,12-15H2,1H3,(H,34,36)(H,37,38)/b35-26+. The van der Waals surface area contributed by atoms with Crippen LogP contribution in [0.5, 0.6) is 0 Å². The highest BCUT2D eigenvalue weighted by atomic mass is 79.9. The van der Waals surface area contributed by atoms with Gasteiger partial charge in [0.15, 0.2) is 0 Å². The molecule has 1 atom stereocenters. The van der Waals surface area contributed by atoms with Crippen LogP contribution >= 0.6 is 15.9 Å². The minimum Gasteiger partial charge on any atom is -0.481 e. The van der Waals surface area contributed by atoms with Crippen LogP contribution in [0.25, 0.3) is 22.2 Å². The molecule has 4 aliphatic rings. The van der Waals surface area contributed by atoms with E-state index in [-0.39, 0.29) is 12.0 Å². The monoisotopic (exact) mass is 585 g/mol. The number of carboxylic acid groups (broad SMARTS) is 1. The largest absolute Gasteiger partial charge is 0.481 e. The molecule has 1 unspecified atom stereocenters. The number of amides is 1. The molecule has 2 aromatic carbocycles. The molecule has 2 N–H and O–H groups in total. The van der Waals surface area contributed by atoms with E-state index in [0.29, 0.717) is 42.5 Å². The molecule has 1 heterocycles. The Kier molecular flexibility index (Phi) is 6.53. The molecule has 39 heavy (non-hydrogen) atoms. The van der Waals surface area contributed by atoms with Crippen molar-refractivity contribution in [3.8, 4) is 11.3 Å². The van der Waals surface area contributed by atoms with Crippen LogP contribution in [0.15, 0.2) is 58.2 Å². The number of nitrogens with zero attached hydrogens (tertiary/aromatic N) is 2. The maximum Gasteiger partial charge on any atom is 0.309 e. The van der Waals surface area contributed by atoms with Crippen LogP contribution < -0.4 is 5.32 Å². The highest BCUT2D eigenvalue weighted by Crippen LogP contribution is 2.56. The molecule has 4 saturated carbocycles. The Balaban J connectivity index is 1.44. The van der Waals surface area contributed by atoms with Gasteiger partial charge in [0.2, 0.25) is 0 Å². The topological polar surface area (TPSA) is 101 Å². The lowest BCUT2D eigenvalue weighted by Crippen LogP contribution is -2.66. The number of rotatable bonds is 6. The summed E-state index contributed by atoms with van der Waals surface area (Å²) in [6.45, 7) is 1.92. The van der Waals surface area contributed by atoms with Crippen LogP contribution in [0.3, 0.4) is 0 Å². The smallest absolute Gasteiger partial charge is 0.309 e. The first-order valence-electron chi connectivity index (χ1n) is 13.5. The molecule has 7 nitrogen and oxygen atoms in total. The highest BCUT2D eigenvalue weighted by Gasteiger charge is 2.61. The number of pyridine rings is 1. The summed E-state index contributed by atoms with van der Waals surface area (Å²) < 4.78 is 0.843. The number of hydrogen-bond donors (Lipinski definition) is 2. The number of carboxylic acids is 1. The van der Waals surface area contributed by atoms with Gasteiger partial charge >= 0.3 is 5.97 Å². The molecule has 2 bridgehead atoms. The lowest BCUT2D eigenvalue weighted by molar-refractivity contribution is -0.152. The summed E-state index contributed by atoms with van der Waals surface area (Å²) in [5.74, 6) is -2.02. The van der Waals surface area contributed by atoms with E-state index < -0.39 is 22.7 Å². The maximum absolute atomic E-state index is 14.3. The number of hydrogen-bond acceptors (Lipinski definition) is 5. The number of nitrogens with one attached hydrogen (secondary N) is 1. The number of fused-ring (bicyclic) bond motifs is 4. The van der Waals surface area contributed by atoms with Gasteiger partial charge < -0.3 is 15.3 Å². The van der Waals surface area contributed by atoms with Crippen molar-refractivity contribution in [2.75, 3.05) is 0 Å². The van der Waals surface area contributed by atoms with Gasteiger partial charge in [-0.15, -0.1) is 0 Å². The molecular formula is C30H29BBrN3O4. The average molecular weight is 586 g/mol. The summed E-state index contributed by atoms with van der Waals surface area (Å²) in [5, 5.41) is 18.6. The number of carbonyl (C=O) groups is 2. The van der Waals surface area contributed by atoms with E-state index in [1.54, 1.807) is 0 Å². The minimum absolute atomic E-state index is 0.0100. The fraction of sp³-hybridized carbons (Fsp3) is 0.400. The quantitative estimate of drug-likeness (QED) is 0.274. The van der Waals surface area contributed by atoms with Crippen LogP contribution in [0.1, 0.15) is 60.9 Å². The van der Waals surface area contributed by atoms with Crippen LogP contribution in [-0.4, -0.2) is 47.2 Å². The van der Waals surface area contributed by atoms with Crippen molar-refractivity contribution in [1.29, 1.82) is 0 Å². The zero-order valence-electron chi connectivity index (χ0n) is 21.7. The normalized spacial score (nSPS) is 27.3. The van der Waals surface area contributed by atoms with E-state index in [1.165, 1.54) is 0 Å². The maximum atomic E-state index is 14.3. The minimum atomic E-state index is -1.10. The number of aromatic nitrogens is 1. The summed E-state index contributed by atoms with van der Waals surface area (Å²) in [4.78, 5) is 37.4. The van der Waals surface area contributed by atoms with Crippen molar-refractivity contribution < 1.29 is 19.5 Å². The first-order chi connectivity index (χ1) is 18.7. The van der Waals surface area contributed by atoms with Crippen molar-refractivity contribution in [3.63, 3.8) is 0 Å². The second-order valence-electron chi connectivity index (χ2n) is 11.1. The number of benzene rings is 2. The molecule has 4 aliphatic carbocycles. The van der Waals surface area contributed by atoms with E-state index in [9.17, 15) is 14.7 Å². The van der Waals surface area contributed by atoms with Crippen molar-refractivity contribution >= 4 is 52.3 Å². The van der Waals surface area contributed by atoms with Crippen molar-refractivity contribution in [1.82, 2.24) is 10.3 Å². The molecule has 3 aromatic rings. The lowest BCUT2D eigenvalue weighted by atomic mass is 9.46. The van der Waals surface area contributed by atoms with Crippen LogP contribution in [-0.2, 0) is 9.63 Å². The zero-order valence-corrected chi connectivity index (χ0v) is 23.3. The van der Waals surface area contributed by atoms with Crippen LogP contribution in [0.4, 0.5) is 0 Å². The molecule has 198 valence electrons. The third-order valence-corrected chi connectivity index (χ3v) is 9.47. The molecule has 2 radical (unpaired) electrons. The predicted octanol–water partition coefficient (Wildman–Crippen LogP) is 5.98. The van der Waals surface area contributed by atoms with Crippen molar-refractivity contribution in [2.45, 2.75) is 69.3 Å². The molecule has 0 saturated heterocycles. The third-order valence-electron chi connectivity index (χ3n) is 8.97. The zero-order chi connectivity index (χ0) is 27.4. The Labute approximate surface area is 236 Å². The Morgan fingerprint density at radius 2 is 1.85 bits per heavy atom. The number of carbonyl (C=O) groups excluding carboxylic acids is 1. The molecule has 1 aromatic heterocycles. The Morgan fingerprint density at radius 1 is 1.13 bits per heavy atom. The molecule has 7 rings (SSSR count). The highest BCUT2D eigenvalue weighted by molar-refractivity contribution is 9.10. The average Bonchev–Trinajstić information content (AvgIpc) is 2.89. The first-order valence-corrected chi connectivity index (χ1v) is 14.2. The second-order valence-corrected chi connectivity index (χ2v) is 12.0. The Hall–Kier alpha value is -3.20. The lowest BCUT2D eigenvalue weighted by Gasteiger charge is -2.55. The van der Waals surface area contributed by atoms with Gasteiger partial charge in [-0.3, -0.25) is 9.59 Å². The number of oxime groups is 1. The van der Waals surface area contributed by atoms with Gasteiger partial charge in [0.1, 0.15) is 6.10 Å². The Morgan fingerprint density at radius 3 is 2.49 bits per heavy atom. The van der Waals surface area contributed by atoms with Crippen LogP contribution in [0, 0.1) is 12.3 Å². The third kappa shape index (κ3) is 4.26. The first kappa shape index (κ1) is 26.0. The van der Waals surface area contributed by atoms with Gasteiger partial charge in [0, 0.05) is 15.4 Å². The van der Waals surface area contributed by atoms with Crippen molar-refractivity contribution in [2.24, 2.45) is 10.6 Å². The van der Waals surface area contributed by atoms with Gasteiger partial charge in [-0.1, -0.05) is 51.4 Å². The molecule has 1 amide bonds. The molecule has 0 aliphatic heterocycles. The summed E-state index contributed by atoms with van der Waals surface area (Å²) in [6.07, 6.45) is 4.51. The van der Waals surface area contributed by atoms with Crippen molar-refractivity contribution in [3.05, 3.63) is 64.1 Å². The second kappa shape index (κ2) is 9.77. The van der Waals surface area contributed by atoms with Gasteiger partial charge in [-0.25, -0.2) is 4.98 Å². The summed E-state index contributed by atoms with van der Waals surface area (Å²) in [6, 6.07) is 15.5. The fourth-order valence-electron chi connectivity index (χ4n) is 6.32. The fourth-order valence-corrected chi connectivity index (χ4v) is 6.68. The van der Waals surface area contributed by atoms with Gasteiger partial charge in [0.05, 0.1) is 41.3 Å². The molecule has 0 spiro atoms. The Bertz CT molecular complexity index is 1500. The van der Waals surface area contributed by atoms with E-state index in [0.717, 1.165) is 45.9 Å². The van der Waals surface area contributed by atoms with E-state index >= 15 is 0 Å². The van der Waals surface area contributed by atoms with Gasteiger partial charge in [-0.2, -0.15) is 0 Å². The van der Waals surface area contributed by atoms with E-state index in [4.69, 9.17) is 17.7 Å². The summed E-state index contributed by atoms with van der Waals surface area (Å²) >= 11 is 3.55. The number of halogens is 1. The van der Waals surface area contributed by atoms with Gasteiger partial charge in [0.25, 0.3) is 5.91 Å². The van der Waals surface area contributed by atoms with E-state index in [1.807, 2.05) is 55.5 Å². The summed E-state index contributed by atoms with van der Waals surface area (Å²) in [5.41, 5.74) is 2.13. The molecule has 9 heteroatoms. The van der Waals surface area contributed by atoms with Gasteiger partial charge in [-0.05, 0) is 81.4 Å². The molecule has 4 fully saturated rings. The number of aliphatic carboxylic acids is 1. The van der Waals surface area contributed by atoms with E-state index in [2.05, 4.69) is 26.4 Å².